The average molecular weight is 378 g/mol. The summed E-state index contributed by atoms with van der Waals surface area (Å²) in [5, 5.41) is 4.01. The fraction of sp³-hybridized carbons (Fsp3) is 0.222. The maximum Gasteiger partial charge on any atom is 0.276 e. The first-order valence-electron chi connectivity index (χ1n) is 7.82. The SMILES string of the molecule is CCc1ccccc1NC(=S)NNC(=O)COc1ccc(Cl)c(C)c1. The van der Waals surface area contributed by atoms with E-state index in [0.29, 0.717) is 15.9 Å². The number of hydrazine groups is 1. The molecule has 0 radical (unpaired) electrons. The predicted octanol–water partition coefficient (Wildman–Crippen LogP) is 3.61. The van der Waals surface area contributed by atoms with Crippen LogP contribution >= 0.6 is 23.8 Å². The molecule has 2 aromatic carbocycles. The molecule has 0 heterocycles. The van der Waals surface area contributed by atoms with Crippen LogP contribution in [0.3, 0.4) is 0 Å². The Morgan fingerprint density at radius 2 is 1.96 bits per heavy atom. The van der Waals surface area contributed by atoms with Crippen LogP contribution in [0.25, 0.3) is 0 Å². The van der Waals surface area contributed by atoms with Gasteiger partial charge >= 0.3 is 0 Å². The molecule has 132 valence electrons. The summed E-state index contributed by atoms with van der Waals surface area (Å²) >= 11 is 11.1. The number of halogens is 1. The van der Waals surface area contributed by atoms with Gasteiger partial charge in [-0.25, -0.2) is 0 Å². The van der Waals surface area contributed by atoms with Gasteiger partial charge in [0.2, 0.25) is 0 Å². The number of hydrogen-bond donors (Lipinski definition) is 3. The molecule has 0 fully saturated rings. The van der Waals surface area contributed by atoms with E-state index in [1.54, 1.807) is 18.2 Å². The summed E-state index contributed by atoms with van der Waals surface area (Å²) in [6.45, 7) is 3.80. The number of para-hydroxylation sites is 1. The van der Waals surface area contributed by atoms with Crippen molar-refractivity contribution in [3.8, 4) is 5.75 Å². The van der Waals surface area contributed by atoms with Gasteiger partial charge in [0.05, 0.1) is 0 Å². The van der Waals surface area contributed by atoms with Crippen molar-refractivity contribution in [2.45, 2.75) is 20.3 Å². The first kappa shape index (κ1) is 19.0. The topological polar surface area (TPSA) is 62.4 Å². The molecule has 0 aliphatic rings. The number of nitrogens with one attached hydrogen (secondary N) is 3. The zero-order valence-corrected chi connectivity index (χ0v) is 15.6. The van der Waals surface area contributed by atoms with E-state index in [-0.39, 0.29) is 12.5 Å². The number of aryl methyl sites for hydroxylation is 2. The molecule has 1 amide bonds. The number of amides is 1. The lowest BCUT2D eigenvalue weighted by molar-refractivity contribution is -0.123. The molecule has 0 unspecified atom stereocenters. The first-order valence-corrected chi connectivity index (χ1v) is 8.61. The second kappa shape index (κ2) is 9.25. The molecule has 0 aromatic heterocycles. The molecule has 0 saturated carbocycles. The Morgan fingerprint density at radius 1 is 1.20 bits per heavy atom. The molecule has 25 heavy (non-hydrogen) atoms. The third kappa shape index (κ3) is 5.92. The van der Waals surface area contributed by atoms with Crippen LogP contribution in [0, 0.1) is 6.92 Å². The van der Waals surface area contributed by atoms with Gasteiger partial charge in [0.25, 0.3) is 5.91 Å². The molecule has 7 heteroatoms. The lowest BCUT2D eigenvalue weighted by Crippen LogP contribution is -2.45. The van der Waals surface area contributed by atoms with Crippen LogP contribution in [-0.4, -0.2) is 17.6 Å². The molecule has 0 bridgehead atoms. The summed E-state index contributed by atoms with van der Waals surface area (Å²) in [5.41, 5.74) is 8.08. The molecule has 0 spiro atoms. The molecule has 2 rings (SSSR count). The van der Waals surface area contributed by atoms with Crippen LogP contribution in [0.4, 0.5) is 5.69 Å². The predicted molar refractivity (Wildman–Crippen MR) is 105 cm³/mol. The van der Waals surface area contributed by atoms with E-state index in [9.17, 15) is 4.79 Å². The number of hydrogen-bond acceptors (Lipinski definition) is 3. The number of carbonyl (C=O) groups is 1. The first-order chi connectivity index (χ1) is 12.0. The summed E-state index contributed by atoms with van der Waals surface area (Å²) in [6.07, 6.45) is 0.881. The number of carbonyl (C=O) groups excluding carboxylic acids is 1. The van der Waals surface area contributed by atoms with Crippen molar-refractivity contribution in [1.82, 2.24) is 10.9 Å². The van der Waals surface area contributed by atoms with Gasteiger partial charge in [-0.1, -0.05) is 36.7 Å². The van der Waals surface area contributed by atoms with E-state index < -0.39 is 0 Å². The van der Waals surface area contributed by atoms with Crippen LogP contribution in [0.15, 0.2) is 42.5 Å². The van der Waals surface area contributed by atoms with E-state index in [1.807, 2.05) is 31.2 Å². The quantitative estimate of drug-likeness (QED) is 0.549. The molecule has 0 aliphatic carbocycles. The van der Waals surface area contributed by atoms with Crippen molar-refractivity contribution in [2.75, 3.05) is 11.9 Å². The molecule has 0 atom stereocenters. The molecule has 0 saturated heterocycles. The van der Waals surface area contributed by atoms with Gasteiger partial charge in [0.1, 0.15) is 5.75 Å². The van der Waals surface area contributed by atoms with E-state index in [0.717, 1.165) is 23.2 Å². The number of ether oxygens (including phenoxy) is 1. The normalized spacial score (nSPS) is 10.0. The van der Waals surface area contributed by atoms with Crippen molar-refractivity contribution in [1.29, 1.82) is 0 Å². The van der Waals surface area contributed by atoms with Gasteiger partial charge in [-0.3, -0.25) is 15.6 Å². The molecule has 5 nitrogen and oxygen atoms in total. The highest BCUT2D eigenvalue weighted by Crippen LogP contribution is 2.20. The van der Waals surface area contributed by atoms with Crippen molar-refractivity contribution in [3.05, 3.63) is 58.6 Å². The fourth-order valence-electron chi connectivity index (χ4n) is 2.12. The van der Waals surface area contributed by atoms with Crippen LogP contribution in [-0.2, 0) is 11.2 Å². The van der Waals surface area contributed by atoms with E-state index >= 15 is 0 Å². The number of anilines is 1. The highest BCUT2D eigenvalue weighted by molar-refractivity contribution is 7.80. The van der Waals surface area contributed by atoms with Crippen molar-refractivity contribution in [3.63, 3.8) is 0 Å². The van der Waals surface area contributed by atoms with Gasteiger partial charge < -0.3 is 10.1 Å². The third-order valence-electron chi connectivity index (χ3n) is 3.46. The van der Waals surface area contributed by atoms with Gasteiger partial charge in [-0.15, -0.1) is 0 Å². The van der Waals surface area contributed by atoms with Crippen LogP contribution in [0.5, 0.6) is 5.75 Å². The lowest BCUT2D eigenvalue weighted by Gasteiger charge is -2.14. The minimum Gasteiger partial charge on any atom is -0.484 e. The summed E-state index contributed by atoms with van der Waals surface area (Å²) in [5.74, 6) is 0.232. The maximum atomic E-state index is 11.8. The standard InChI is InChI=1S/C18H20ClN3O2S/c1-3-13-6-4-5-7-16(13)20-18(25)22-21-17(23)11-24-14-8-9-15(19)12(2)10-14/h4-10H,3,11H2,1-2H3,(H,21,23)(H2,20,22,25). The Bertz CT molecular complexity index is 768. The highest BCUT2D eigenvalue weighted by Gasteiger charge is 2.06. The molecular weight excluding hydrogens is 358 g/mol. The zero-order valence-electron chi connectivity index (χ0n) is 14.1. The second-order valence-electron chi connectivity index (χ2n) is 5.34. The summed E-state index contributed by atoms with van der Waals surface area (Å²) in [6, 6.07) is 13.1. The highest BCUT2D eigenvalue weighted by atomic mass is 35.5. The molecule has 0 aliphatic heterocycles. The Labute approximate surface area is 157 Å². The molecular formula is C18H20ClN3O2S. The van der Waals surface area contributed by atoms with Crippen molar-refractivity contribution >= 4 is 40.5 Å². The maximum absolute atomic E-state index is 11.8. The monoisotopic (exact) mass is 377 g/mol. The number of thiocarbonyl (C=S) groups is 1. The molecule has 2 aromatic rings. The van der Waals surface area contributed by atoms with E-state index in [4.69, 9.17) is 28.6 Å². The Balaban J connectivity index is 1.77. The summed E-state index contributed by atoms with van der Waals surface area (Å²) in [7, 11) is 0. The largest absolute Gasteiger partial charge is 0.484 e. The van der Waals surface area contributed by atoms with Crippen molar-refractivity contribution < 1.29 is 9.53 Å². The van der Waals surface area contributed by atoms with Crippen LogP contribution < -0.4 is 20.9 Å². The van der Waals surface area contributed by atoms with E-state index in [1.165, 1.54) is 0 Å². The second-order valence-corrected chi connectivity index (χ2v) is 6.15. The smallest absolute Gasteiger partial charge is 0.276 e. The minimum absolute atomic E-state index is 0.137. The van der Waals surface area contributed by atoms with Gasteiger partial charge in [0.15, 0.2) is 11.7 Å². The van der Waals surface area contributed by atoms with Crippen molar-refractivity contribution in [2.24, 2.45) is 0 Å². The fourth-order valence-corrected chi connectivity index (χ4v) is 2.40. The Kier molecular flexibility index (Phi) is 7.03. The minimum atomic E-state index is -0.347. The zero-order chi connectivity index (χ0) is 18.2. The third-order valence-corrected chi connectivity index (χ3v) is 4.09. The average Bonchev–Trinajstić information content (AvgIpc) is 2.61. The van der Waals surface area contributed by atoms with Gasteiger partial charge in [0, 0.05) is 10.7 Å². The number of rotatable bonds is 5. The van der Waals surface area contributed by atoms with Crippen LogP contribution in [0.1, 0.15) is 18.1 Å². The van der Waals surface area contributed by atoms with Gasteiger partial charge in [-0.2, -0.15) is 0 Å². The summed E-state index contributed by atoms with van der Waals surface area (Å²) < 4.78 is 5.42. The van der Waals surface area contributed by atoms with Gasteiger partial charge in [-0.05, 0) is 61.0 Å². The Morgan fingerprint density at radius 3 is 2.68 bits per heavy atom. The summed E-state index contributed by atoms with van der Waals surface area (Å²) in [4.78, 5) is 11.8. The van der Waals surface area contributed by atoms with E-state index in [2.05, 4.69) is 23.1 Å². The van der Waals surface area contributed by atoms with Crippen LogP contribution in [0.2, 0.25) is 5.02 Å². The Hall–Kier alpha value is -2.31. The number of benzene rings is 2. The lowest BCUT2D eigenvalue weighted by atomic mass is 10.1. The molecule has 3 N–H and O–H groups in total.